The van der Waals surface area contributed by atoms with Gasteiger partial charge in [-0.1, -0.05) is 32.4 Å². The first kappa shape index (κ1) is 13.6. The molecule has 0 bridgehead atoms. The maximum absolute atomic E-state index is 5.93. The largest absolute Gasteiger partial charge is 0.356 e. The fourth-order valence-electron chi connectivity index (χ4n) is 2.69. The van der Waals surface area contributed by atoms with Crippen LogP contribution in [-0.4, -0.2) is 23.1 Å². The Kier molecular flexibility index (Phi) is 4.10. The van der Waals surface area contributed by atoms with E-state index in [1.165, 1.54) is 19.3 Å². The van der Waals surface area contributed by atoms with E-state index in [2.05, 4.69) is 35.6 Å². The molecular formula is C14H22ClN3. The SMILES string of the molecule is CC(C)(C)C1CCCN(c2cc(Cl)ncn2)CC1. The maximum Gasteiger partial charge on any atom is 0.134 e. The van der Waals surface area contributed by atoms with Gasteiger partial charge in [0.15, 0.2) is 0 Å². The van der Waals surface area contributed by atoms with Crippen molar-refractivity contribution in [3.05, 3.63) is 17.5 Å². The summed E-state index contributed by atoms with van der Waals surface area (Å²) in [5.41, 5.74) is 0.402. The van der Waals surface area contributed by atoms with Gasteiger partial charge in [-0.05, 0) is 30.6 Å². The first-order valence-electron chi connectivity index (χ1n) is 6.69. The highest BCUT2D eigenvalue weighted by Crippen LogP contribution is 2.35. The minimum Gasteiger partial charge on any atom is -0.356 e. The van der Waals surface area contributed by atoms with Crippen molar-refractivity contribution >= 4 is 17.4 Å². The van der Waals surface area contributed by atoms with Crippen molar-refractivity contribution in [2.45, 2.75) is 40.0 Å². The second-order valence-electron chi connectivity index (χ2n) is 6.18. The Morgan fingerprint density at radius 2 is 2.00 bits per heavy atom. The van der Waals surface area contributed by atoms with Crippen molar-refractivity contribution in [1.82, 2.24) is 9.97 Å². The van der Waals surface area contributed by atoms with Crippen LogP contribution in [-0.2, 0) is 0 Å². The van der Waals surface area contributed by atoms with E-state index in [9.17, 15) is 0 Å². The summed E-state index contributed by atoms with van der Waals surface area (Å²) in [7, 11) is 0. The summed E-state index contributed by atoms with van der Waals surface area (Å²) in [4.78, 5) is 10.6. The zero-order valence-electron chi connectivity index (χ0n) is 11.5. The quantitative estimate of drug-likeness (QED) is 0.725. The molecule has 0 aliphatic carbocycles. The second kappa shape index (κ2) is 5.43. The van der Waals surface area contributed by atoms with Crippen LogP contribution in [0.1, 0.15) is 40.0 Å². The van der Waals surface area contributed by atoms with E-state index in [1.54, 1.807) is 6.33 Å². The predicted molar refractivity (Wildman–Crippen MR) is 76.1 cm³/mol. The first-order valence-corrected chi connectivity index (χ1v) is 7.07. The third-order valence-corrected chi connectivity index (χ3v) is 4.10. The molecule has 2 heterocycles. The molecule has 18 heavy (non-hydrogen) atoms. The van der Waals surface area contributed by atoms with Crippen molar-refractivity contribution in [2.24, 2.45) is 11.3 Å². The van der Waals surface area contributed by atoms with Crippen LogP contribution in [0.2, 0.25) is 5.15 Å². The van der Waals surface area contributed by atoms with E-state index in [-0.39, 0.29) is 0 Å². The Hall–Kier alpha value is -0.830. The molecule has 0 radical (unpaired) electrons. The number of nitrogens with zero attached hydrogens (tertiary/aromatic N) is 3. The summed E-state index contributed by atoms with van der Waals surface area (Å²) in [6.07, 6.45) is 5.30. The summed E-state index contributed by atoms with van der Waals surface area (Å²) in [6, 6.07) is 1.86. The molecule has 1 aliphatic heterocycles. The van der Waals surface area contributed by atoms with Crippen LogP contribution in [0.4, 0.5) is 5.82 Å². The summed E-state index contributed by atoms with van der Waals surface area (Å²) in [5.74, 6) is 1.75. The normalized spacial score (nSPS) is 21.8. The van der Waals surface area contributed by atoms with Crippen molar-refractivity contribution in [2.75, 3.05) is 18.0 Å². The predicted octanol–water partition coefficient (Wildman–Crippen LogP) is 3.78. The smallest absolute Gasteiger partial charge is 0.134 e. The lowest BCUT2D eigenvalue weighted by molar-refractivity contribution is 0.220. The first-order chi connectivity index (χ1) is 8.47. The third kappa shape index (κ3) is 3.35. The lowest BCUT2D eigenvalue weighted by Gasteiger charge is -2.29. The van der Waals surface area contributed by atoms with Crippen LogP contribution in [0.25, 0.3) is 0 Å². The number of hydrogen-bond donors (Lipinski definition) is 0. The van der Waals surface area contributed by atoms with E-state index in [1.807, 2.05) is 6.07 Å². The minimum absolute atomic E-state index is 0.402. The van der Waals surface area contributed by atoms with Gasteiger partial charge in [0.25, 0.3) is 0 Å². The minimum atomic E-state index is 0.402. The van der Waals surface area contributed by atoms with Crippen molar-refractivity contribution in [3.8, 4) is 0 Å². The topological polar surface area (TPSA) is 29.0 Å². The number of halogens is 1. The van der Waals surface area contributed by atoms with Gasteiger partial charge in [-0.3, -0.25) is 0 Å². The average molecular weight is 268 g/mol. The molecule has 0 spiro atoms. The van der Waals surface area contributed by atoms with Gasteiger partial charge in [0.05, 0.1) is 0 Å². The van der Waals surface area contributed by atoms with E-state index < -0.39 is 0 Å². The molecule has 1 unspecified atom stereocenters. The molecule has 3 nitrogen and oxygen atoms in total. The molecule has 4 heteroatoms. The van der Waals surface area contributed by atoms with Crippen LogP contribution < -0.4 is 4.90 Å². The maximum atomic E-state index is 5.93. The fourth-order valence-corrected chi connectivity index (χ4v) is 2.83. The van der Waals surface area contributed by atoms with E-state index >= 15 is 0 Å². The van der Waals surface area contributed by atoms with Crippen LogP contribution in [0.15, 0.2) is 12.4 Å². The van der Waals surface area contributed by atoms with E-state index in [4.69, 9.17) is 11.6 Å². The lowest BCUT2D eigenvalue weighted by Crippen LogP contribution is -2.26. The van der Waals surface area contributed by atoms with Crippen LogP contribution >= 0.6 is 11.6 Å². The molecule has 0 amide bonds. The molecule has 100 valence electrons. The molecule has 2 rings (SSSR count). The molecule has 1 atom stereocenters. The van der Waals surface area contributed by atoms with Crippen LogP contribution in [0.3, 0.4) is 0 Å². The molecular weight excluding hydrogens is 246 g/mol. The molecule has 1 aromatic heterocycles. The van der Waals surface area contributed by atoms with Gasteiger partial charge in [-0.15, -0.1) is 0 Å². The number of anilines is 1. The summed E-state index contributed by atoms with van der Waals surface area (Å²) < 4.78 is 0. The van der Waals surface area contributed by atoms with Gasteiger partial charge in [-0.2, -0.15) is 0 Å². The fraction of sp³-hybridized carbons (Fsp3) is 0.714. The molecule has 0 N–H and O–H groups in total. The Morgan fingerprint density at radius 3 is 2.67 bits per heavy atom. The number of rotatable bonds is 1. The van der Waals surface area contributed by atoms with E-state index in [0.717, 1.165) is 24.8 Å². The van der Waals surface area contributed by atoms with E-state index in [0.29, 0.717) is 10.6 Å². The molecule has 0 aromatic carbocycles. The molecule has 1 fully saturated rings. The Bertz CT molecular complexity index is 400. The van der Waals surface area contributed by atoms with Gasteiger partial charge < -0.3 is 4.90 Å². The van der Waals surface area contributed by atoms with Crippen molar-refractivity contribution in [1.29, 1.82) is 0 Å². The highest BCUT2D eigenvalue weighted by molar-refractivity contribution is 6.29. The number of aromatic nitrogens is 2. The Labute approximate surface area is 115 Å². The summed E-state index contributed by atoms with van der Waals surface area (Å²) in [5, 5.41) is 0.525. The zero-order chi connectivity index (χ0) is 13.2. The van der Waals surface area contributed by atoms with Crippen LogP contribution in [0.5, 0.6) is 0 Å². The number of hydrogen-bond acceptors (Lipinski definition) is 3. The lowest BCUT2D eigenvalue weighted by atomic mass is 9.77. The summed E-state index contributed by atoms with van der Waals surface area (Å²) in [6.45, 7) is 9.16. The van der Waals surface area contributed by atoms with Crippen molar-refractivity contribution < 1.29 is 0 Å². The van der Waals surface area contributed by atoms with Crippen LogP contribution in [0, 0.1) is 11.3 Å². The Balaban J connectivity index is 2.05. The van der Waals surface area contributed by atoms with Gasteiger partial charge in [0.2, 0.25) is 0 Å². The van der Waals surface area contributed by atoms with Crippen molar-refractivity contribution in [3.63, 3.8) is 0 Å². The van der Waals surface area contributed by atoms with Gasteiger partial charge in [0, 0.05) is 19.2 Å². The summed E-state index contributed by atoms with van der Waals surface area (Å²) >= 11 is 5.93. The Morgan fingerprint density at radius 1 is 1.22 bits per heavy atom. The monoisotopic (exact) mass is 267 g/mol. The van der Waals surface area contributed by atoms with Gasteiger partial charge in [-0.25, -0.2) is 9.97 Å². The van der Waals surface area contributed by atoms with Gasteiger partial charge >= 0.3 is 0 Å². The van der Waals surface area contributed by atoms with Gasteiger partial charge in [0.1, 0.15) is 17.3 Å². The highest BCUT2D eigenvalue weighted by Gasteiger charge is 2.27. The average Bonchev–Trinajstić information content (AvgIpc) is 2.53. The highest BCUT2D eigenvalue weighted by atomic mass is 35.5. The molecule has 0 saturated carbocycles. The zero-order valence-corrected chi connectivity index (χ0v) is 12.2. The molecule has 1 aliphatic rings. The standard InChI is InChI=1S/C14H22ClN3/c1-14(2,3)11-5-4-7-18(8-6-11)13-9-12(15)16-10-17-13/h9-11H,4-8H2,1-3H3. The molecule has 1 aromatic rings. The third-order valence-electron chi connectivity index (χ3n) is 3.90. The second-order valence-corrected chi connectivity index (χ2v) is 6.57. The molecule has 1 saturated heterocycles.